The van der Waals surface area contributed by atoms with Gasteiger partial charge in [0.1, 0.15) is 0 Å². The van der Waals surface area contributed by atoms with Crippen molar-refractivity contribution < 1.29 is 4.79 Å². The van der Waals surface area contributed by atoms with Crippen molar-refractivity contribution in [3.05, 3.63) is 0 Å². The molecule has 0 radical (unpaired) electrons. The average Bonchev–Trinajstić information content (AvgIpc) is 2.67. The molecule has 2 N–H and O–H groups in total. The second-order valence-electron chi connectivity index (χ2n) is 4.19. The summed E-state index contributed by atoms with van der Waals surface area (Å²) in [7, 11) is 0. The van der Waals surface area contributed by atoms with Crippen LogP contribution in [0.4, 0.5) is 0 Å². The molecule has 3 heteroatoms. The highest BCUT2D eigenvalue weighted by atomic mass is 16.2. The van der Waals surface area contributed by atoms with Crippen LogP contribution < -0.4 is 5.73 Å². The van der Waals surface area contributed by atoms with Crippen LogP contribution in [0, 0.1) is 11.8 Å². The van der Waals surface area contributed by atoms with E-state index in [0.29, 0.717) is 18.4 Å². The van der Waals surface area contributed by atoms with Gasteiger partial charge in [-0.2, -0.15) is 0 Å². The number of hydrogen-bond acceptors (Lipinski definition) is 2. The normalized spacial score (nSPS) is 22.0. The van der Waals surface area contributed by atoms with Crippen LogP contribution in [0.2, 0.25) is 0 Å². The zero-order valence-corrected chi connectivity index (χ0v) is 9.33. The largest absolute Gasteiger partial charge is 0.342 e. The molecule has 0 aromatic carbocycles. The van der Waals surface area contributed by atoms with Crippen molar-refractivity contribution in [1.82, 2.24) is 4.90 Å². The lowest BCUT2D eigenvalue weighted by Gasteiger charge is -2.21. The fraction of sp³-hybridized carbons (Fsp3) is 0.909. The van der Waals surface area contributed by atoms with Gasteiger partial charge in [0.15, 0.2) is 0 Å². The summed E-state index contributed by atoms with van der Waals surface area (Å²) in [6.07, 6.45) is 3.00. The van der Waals surface area contributed by atoms with E-state index < -0.39 is 0 Å². The van der Waals surface area contributed by atoms with E-state index in [2.05, 4.69) is 13.8 Å². The third-order valence-electron chi connectivity index (χ3n) is 3.27. The van der Waals surface area contributed by atoms with Gasteiger partial charge in [-0.25, -0.2) is 0 Å². The Hall–Kier alpha value is -0.570. The smallest absolute Gasteiger partial charge is 0.225 e. The summed E-state index contributed by atoms with van der Waals surface area (Å²) in [6, 6.07) is 0. The maximum Gasteiger partial charge on any atom is 0.225 e. The van der Waals surface area contributed by atoms with Gasteiger partial charge in [0.2, 0.25) is 5.91 Å². The zero-order valence-electron chi connectivity index (χ0n) is 9.33. The average molecular weight is 198 g/mol. The van der Waals surface area contributed by atoms with Crippen LogP contribution in [0.3, 0.4) is 0 Å². The molecule has 3 nitrogen and oxygen atoms in total. The molecule has 1 rings (SSSR count). The Balaban J connectivity index is 2.45. The molecule has 1 unspecified atom stereocenters. The minimum atomic E-state index is 0.228. The lowest BCUT2D eigenvalue weighted by molar-refractivity contribution is -0.134. The van der Waals surface area contributed by atoms with Crippen LogP contribution in [0.15, 0.2) is 0 Å². The van der Waals surface area contributed by atoms with Gasteiger partial charge in [-0.3, -0.25) is 4.79 Å². The van der Waals surface area contributed by atoms with Crippen molar-refractivity contribution in [2.45, 2.75) is 33.1 Å². The van der Waals surface area contributed by atoms with Gasteiger partial charge in [-0.05, 0) is 31.7 Å². The number of hydrogen-bond donors (Lipinski definition) is 1. The highest BCUT2D eigenvalue weighted by molar-refractivity contribution is 5.79. The Morgan fingerprint density at radius 1 is 1.50 bits per heavy atom. The molecule has 1 aliphatic rings. The van der Waals surface area contributed by atoms with Gasteiger partial charge < -0.3 is 10.6 Å². The molecule has 1 heterocycles. The molecular formula is C11H22N2O. The quantitative estimate of drug-likeness (QED) is 0.738. The van der Waals surface area contributed by atoms with E-state index in [4.69, 9.17) is 5.73 Å². The second kappa shape index (κ2) is 5.35. The van der Waals surface area contributed by atoms with E-state index in [-0.39, 0.29) is 5.92 Å². The molecule has 82 valence electrons. The summed E-state index contributed by atoms with van der Waals surface area (Å²) < 4.78 is 0. The number of nitrogens with zero attached hydrogens (tertiary/aromatic N) is 1. The summed E-state index contributed by atoms with van der Waals surface area (Å²) in [6.45, 7) is 6.68. The van der Waals surface area contributed by atoms with Crippen LogP contribution in [-0.4, -0.2) is 30.4 Å². The van der Waals surface area contributed by atoms with Crippen molar-refractivity contribution in [1.29, 1.82) is 0 Å². The van der Waals surface area contributed by atoms with E-state index >= 15 is 0 Å². The van der Waals surface area contributed by atoms with E-state index in [9.17, 15) is 4.79 Å². The number of carbonyl (C=O) groups excluding carboxylic acids is 1. The van der Waals surface area contributed by atoms with Crippen LogP contribution >= 0.6 is 0 Å². The van der Waals surface area contributed by atoms with E-state index in [1.807, 2.05) is 4.90 Å². The molecule has 1 saturated heterocycles. The third kappa shape index (κ3) is 2.47. The van der Waals surface area contributed by atoms with E-state index in [1.165, 1.54) is 0 Å². The van der Waals surface area contributed by atoms with Crippen LogP contribution in [0.5, 0.6) is 0 Å². The van der Waals surface area contributed by atoms with Gasteiger partial charge in [0.25, 0.3) is 0 Å². The van der Waals surface area contributed by atoms with Gasteiger partial charge in [-0.1, -0.05) is 13.8 Å². The highest BCUT2D eigenvalue weighted by Gasteiger charge is 2.28. The molecule has 0 spiro atoms. The Kier molecular flexibility index (Phi) is 4.39. The lowest BCUT2D eigenvalue weighted by Crippen LogP contribution is -2.34. The molecule has 0 aromatic rings. The first-order valence-electron chi connectivity index (χ1n) is 5.71. The van der Waals surface area contributed by atoms with Crippen LogP contribution in [-0.2, 0) is 4.79 Å². The number of carbonyl (C=O) groups is 1. The fourth-order valence-corrected chi connectivity index (χ4v) is 2.12. The molecule has 0 saturated carbocycles. The van der Waals surface area contributed by atoms with Crippen molar-refractivity contribution >= 4 is 5.91 Å². The molecule has 1 atom stereocenters. The molecule has 1 aliphatic heterocycles. The standard InChI is InChI=1S/C11H22N2O/c1-3-10(4-2)11(14)13-6-5-9(7-12)8-13/h9-10H,3-8,12H2,1-2H3. The maximum atomic E-state index is 12.0. The van der Waals surface area contributed by atoms with Crippen LogP contribution in [0.1, 0.15) is 33.1 Å². The predicted molar refractivity (Wildman–Crippen MR) is 57.8 cm³/mol. The topological polar surface area (TPSA) is 46.3 Å². The van der Waals surface area contributed by atoms with E-state index in [0.717, 1.165) is 32.4 Å². The Morgan fingerprint density at radius 3 is 2.57 bits per heavy atom. The molecular weight excluding hydrogens is 176 g/mol. The SMILES string of the molecule is CCC(CC)C(=O)N1CCC(CN)C1. The van der Waals surface area contributed by atoms with Crippen molar-refractivity contribution in [2.75, 3.05) is 19.6 Å². The molecule has 0 aliphatic carbocycles. The second-order valence-corrected chi connectivity index (χ2v) is 4.19. The van der Waals surface area contributed by atoms with Gasteiger partial charge in [0, 0.05) is 19.0 Å². The molecule has 1 amide bonds. The Bertz CT molecular complexity index is 190. The number of rotatable bonds is 4. The first-order valence-corrected chi connectivity index (χ1v) is 5.71. The molecule has 0 aromatic heterocycles. The minimum absolute atomic E-state index is 0.228. The van der Waals surface area contributed by atoms with Crippen molar-refractivity contribution in [3.63, 3.8) is 0 Å². The monoisotopic (exact) mass is 198 g/mol. The molecule has 14 heavy (non-hydrogen) atoms. The van der Waals surface area contributed by atoms with Gasteiger partial charge in [-0.15, -0.1) is 0 Å². The lowest BCUT2D eigenvalue weighted by atomic mass is 10.0. The van der Waals surface area contributed by atoms with Crippen LogP contribution in [0.25, 0.3) is 0 Å². The predicted octanol–water partition coefficient (Wildman–Crippen LogP) is 1.23. The van der Waals surface area contributed by atoms with Gasteiger partial charge in [0.05, 0.1) is 0 Å². The summed E-state index contributed by atoms with van der Waals surface area (Å²) in [5.74, 6) is 1.10. The van der Waals surface area contributed by atoms with Crippen molar-refractivity contribution in [3.8, 4) is 0 Å². The van der Waals surface area contributed by atoms with E-state index in [1.54, 1.807) is 0 Å². The minimum Gasteiger partial charge on any atom is -0.342 e. The Labute approximate surface area is 86.6 Å². The number of likely N-dealkylation sites (tertiary alicyclic amines) is 1. The Morgan fingerprint density at radius 2 is 2.14 bits per heavy atom. The zero-order chi connectivity index (χ0) is 10.6. The summed E-state index contributed by atoms with van der Waals surface area (Å²) >= 11 is 0. The highest BCUT2D eigenvalue weighted by Crippen LogP contribution is 2.19. The molecule has 1 fully saturated rings. The number of nitrogens with two attached hydrogens (primary N) is 1. The van der Waals surface area contributed by atoms with Crippen molar-refractivity contribution in [2.24, 2.45) is 17.6 Å². The number of amides is 1. The molecule has 0 bridgehead atoms. The summed E-state index contributed by atoms with van der Waals surface area (Å²) in [5, 5.41) is 0. The first-order chi connectivity index (χ1) is 6.72. The summed E-state index contributed by atoms with van der Waals surface area (Å²) in [5.41, 5.74) is 5.60. The van der Waals surface area contributed by atoms with Gasteiger partial charge >= 0.3 is 0 Å². The first kappa shape index (κ1) is 11.5. The fourth-order valence-electron chi connectivity index (χ4n) is 2.12. The maximum absolute atomic E-state index is 12.0. The third-order valence-corrected chi connectivity index (χ3v) is 3.27. The summed E-state index contributed by atoms with van der Waals surface area (Å²) in [4.78, 5) is 13.9.